The van der Waals surface area contributed by atoms with Crippen LogP contribution in [-0.4, -0.2) is 38.0 Å². The summed E-state index contributed by atoms with van der Waals surface area (Å²) in [7, 11) is 0. The van der Waals surface area contributed by atoms with Gasteiger partial charge in [-0.1, -0.05) is 37.1 Å². The smallest absolute Gasteiger partial charge is 0.321 e. The number of amides is 3. The van der Waals surface area contributed by atoms with Crippen molar-refractivity contribution in [1.82, 2.24) is 25.4 Å². The molecule has 0 aliphatic heterocycles. The summed E-state index contributed by atoms with van der Waals surface area (Å²) in [5, 5.41) is 15.3. The molecular formula is C24H35N5O2S. The Kier molecular flexibility index (Phi) is 6.32. The number of rotatable bonds is 7. The van der Waals surface area contributed by atoms with Crippen molar-refractivity contribution in [3.63, 3.8) is 0 Å². The molecule has 2 N–H and O–H groups in total. The van der Waals surface area contributed by atoms with E-state index in [4.69, 9.17) is 0 Å². The largest absolute Gasteiger partial charge is 0.332 e. The lowest BCUT2D eigenvalue weighted by molar-refractivity contribution is -0.117. The lowest BCUT2D eigenvalue weighted by Gasteiger charge is -2.56. The molecule has 3 amide bonds. The van der Waals surface area contributed by atoms with Gasteiger partial charge in [0.1, 0.15) is 5.82 Å². The Morgan fingerprint density at radius 2 is 1.72 bits per heavy atom. The molecule has 4 bridgehead atoms. The Morgan fingerprint density at radius 1 is 1.06 bits per heavy atom. The number of nitrogens with one attached hydrogen (secondary N) is 2. The van der Waals surface area contributed by atoms with Crippen molar-refractivity contribution >= 4 is 23.7 Å². The maximum Gasteiger partial charge on any atom is 0.321 e. The number of carbonyl (C=O) groups excluding carboxylic acids is 2. The van der Waals surface area contributed by atoms with Crippen LogP contribution in [0.2, 0.25) is 0 Å². The van der Waals surface area contributed by atoms with Gasteiger partial charge in [-0.2, -0.15) is 0 Å². The van der Waals surface area contributed by atoms with Gasteiger partial charge in [0.25, 0.3) is 0 Å². The van der Waals surface area contributed by atoms with Gasteiger partial charge in [0.05, 0.1) is 5.75 Å². The van der Waals surface area contributed by atoms with Crippen LogP contribution < -0.4 is 10.6 Å². The average Bonchev–Trinajstić information content (AvgIpc) is 3.14. The number of thioether (sulfide) groups is 1. The number of allylic oxidation sites excluding steroid dienone is 1. The molecule has 1 heterocycles. The first-order chi connectivity index (χ1) is 15.5. The average molecular weight is 458 g/mol. The summed E-state index contributed by atoms with van der Waals surface area (Å²) >= 11 is 1.34. The third kappa shape index (κ3) is 4.61. The fourth-order valence-electron chi connectivity index (χ4n) is 7.20. The maximum absolute atomic E-state index is 12.6. The van der Waals surface area contributed by atoms with Crippen LogP contribution in [0, 0.1) is 17.8 Å². The van der Waals surface area contributed by atoms with E-state index < -0.39 is 0 Å². The minimum absolute atomic E-state index is 0.0920. The SMILES string of the molecule is C=CCn1c(SCC(=O)NC(=O)NC23CC4CC(CC(C4)C2)C3)nnc1C1CCCCC1. The first kappa shape index (κ1) is 22.0. The maximum atomic E-state index is 12.6. The van der Waals surface area contributed by atoms with Crippen LogP contribution >= 0.6 is 11.8 Å². The van der Waals surface area contributed by atoms with Crippen molar-refractivity contribution in [3.05, 3.63) is 18.5 Å². The summed E-state index contributed by atoms with van der Waals surface area (Å²) in [6.45, 7) is 4.50. The highest BCUT2D eigenvalue weighted by atomic mass is 32.2. The number of hydrogen-bond acceptors (Lipinski definition) is 5. The highest BCUT2D eigenvalue weighted by Crippen LogP contribution is 2.55. The molecule has 0 radical (unpaired) electrons. The molecule has 1 aromatic rings. The summed E-state index contributed by atoms with van der Waals surface area (Å²) in [4.78, 5) is 25.2. The molecule has 5 aliphatic rings. The van der Waals surface area contributed by atoms with Gasteiger partial charge < -0.3 is 9.88 Å². The minimum atomic E-state index is -0.340. The summed E-state index contributed by atoms with van der Waals surface area (Å²) in [5.41, 5.74) is -0.0920. The molecule has 0 spiro atoms. The van der Waals surface area contributed by atoms with Crippen LogP contribution in [0.5, 0.6) is 0 Å². The zero-order valence-corrected chi connectivity index (χ0v) is 19.7. The molecule has 0 unspecified atom stereocenters. The number of urea groups is 1. The Hall–Kier alpha value is -1.83. The van der Waals surface area contributed by atoms with Crippen LogP contribution in [-0.2, 0) is 11.3 Å². The van der Waals surface area contributed by atoms with E-state index in [2.05, 4.69) is 32.0 Å². The Morgan fingerprint density at radius 3 is 2.34 bits per heavy atom. The van der Waals surface area contributed by atoms with Crippen LogP contribution in [0.3, 0.4) is 0 Å². The minimum Gasteiger partial charge on any atom is -0.332 e. The first-order valence-electron chi connectivity index (χ1n) is 12.3. The van der Waals surface area contributed by atoms with Crippen molar-refractivity contribution in [2.75, 3.05) is 5.75 Å². The number of imide groups is 1. The Labute approximate surface area is 194 Å². The molecular weight excluding hydrogens is 422 g/mol. The van der Waals surface area contributed by atoms with Crippen LogP contribution in [0.15, 0.2) is 17.8 Å². The van der Waals surface area contributed by atoms with Crippen molar-refractivity contribution in [2.45, 2.75) is 93.8 Å². The van der Waals surface area contributed by atoms with Gasteiger partial charge in [-0.15, -0.1) is 16.8 Å². The van der Waals surface area contributed by atoms with Gasteiger partial charge in [-0.05, 0) is 69.1 Å². The van der Waals surface area contributed by atoms with E-state index in [1.807, 2.05) is 6.08 Å². The second-order valence-corrected chi connectivity index (χ2v) is 11.5. The number of nitrogens with zero attached hydrogens (tertiary/aromatic N) is 3. The molecule has 5 aliphatic carbocycles. The molecule has 7 nitrogen and oxygen atoms in total. The number of hydrogen-bond donors (Lipinski definition) is 2. The van der Waals surface area contributed by atoms with Gasteiger partial charge in [0.2, 0.25) is 5.91 Å². The molecule has 5 fully saturated rings. The van der Waals surface area contributed by atoms with Gasteiger partial charge in [-0.25, -0.2) is 4.79 Å². The Bertz CT molecular complexity index is 840. The zero-order valence-electron chi connectivity index (χ0n) is 18.9. The molecule has 0 aromatic carbocycles. The number of carbonyl (C=O) groups is 2. The van der Waals surface area contributed by atoms with Crippen LogP contribution in [0.25, 0.3) is 0 Å². The van der Waals surface area contributed by atoms with Gasteiger partial charge >= 0.3 is 6.03 Å². The quantitative estimate of drug-likeness (QED) is 0.468. The van der Waals surface area contributed by atoms with Crippen molar-refractivity contribution in [2.24, 2.45) is 17.8 Å². The Balaban J connectivity index is 1.15. The van der Waals surface area contributed by atoms with Gasteiger partial charge in [-0.3, -0.25) is 10.1 Å². The van der Waals surface area contributed by atoms with E-state index in [0.29, 0.717) is 12.5 Å². The molecule has 0 atom stereocenters. The summed E-state index contributed by atoms with van der Waals surface area (Å²) in [6.07, 6.45) is 15.1. The highest BCUT2D eigenvalue weighted by Gasteiger charge is 2.51. The zero-order chi connectivity index (χ0) is 22.1. The summed E-state index contributed by atoms with van der Waals surface area (Å²) in [6, 6.07) is -0.340. The third-order valence-corrected chi connectivity index (χ3v) is 9.00. The number of aromatic nitrogens is 3. The lowest BCUT2D eigenvalue weighted by Crippen LogP contribution is -2.61. The fraction of sp³-hybridized carbons (Fsp3) is 0.750. The van der Waals surface area contributed by atoms with Crippen molar-refractivity contribution in [3.8, 4) is 0 Å². The van der Waals surface area contributed by atoms with Gasteiger partial charge in [0.15, 0.2) is 5.16 Å². The molecule has 0 saturated heterocycles. The molecule has 5 saturated carbocycles. The van der Waals surface area contributed by atoms with Crippen LogP contribution in [0.1, 0.15) is 82.4 Å². The lowest BCUT2D eigenvalue weighted by atomic mass is 9.53. The highest BCUT2D eigenvalue weighted by molar-refractivity contribution is 7.99. The first-order valence-corrected chi connectivity index (χ1v) is 13.3. The van der Waals surface area contributed by atoms with Crippen molar-refractivity contribution < 1.29 is 9.59 Å². The van der Waals surface area contributed by atoms with Crippen molar-refractivity contribution in [1.29, 1.82) is 0 Å². The normalized spacial score (nSPS) is 31.4. The van der Waals surface area contributed by atoms with Crippen LogP contribution in [0.4, 0.5) is 4.79 Å². The standard InChI is InChI=1S/C24H35N5O2S/c1-2-8-29-21(19-6-4-3-5-7-19)27-28-23(29)32-15-20(30)25-22(31)26-24-12-16-9-17(13-24)11-18(10-16)14-24/h2,16-19H,1,3-15H2,(H2,25,26,30,31). The topological polar surface area (TPSA) is 88.9 Å². The molecule has 1 aromatic heterocycles. The van der Waals surface area contributed by atoms with E-state index in [1.54, 1.807) is 0 Å². The molecule has 32 heavy (non-hydrogen) atoms. The predicted octanol–water partition coefficient (Wildman–Crippen LogP) is 4.40. The van der Waals surface area contributed by atoms with E-state index in [-0.39, 0.29) is 23.2 Å². The molecule has 6 rings (SSSR count). The second-order valence-electron chi connectivity index (χ2n) is 10.6. The van der Waals surface area contributed by atoms with E-state index in [0.717, 1.165) is 60.8 Å². The van der Waals surface area contributed by atoms with E-state index in [1.165, 1.54) is 50.3 Å². The molecule has 174 valence electrons. The monoisotopic (exact) mass is 457 g/mol. The van der Waals surface area contributed by atoms with E-state index >= 15 is 0 Å². The van der Waals surface area contributed by atoms with E-state index in [9.17, 15) is 9.59 Å². The van der Waals surface area contributed by atoms with Gasteiger partial charge in [0, 0.05) is 18.0 Å². The predicted molar refractivity (Wildman–Crippen MR) is 124 cm³/mol. The second kappa shape index (κ2) is 9.20. The fourth-order valence-corrected chi connectivity index (χ4v) is 7.95. The summed E-state index contributed by atoms with van der Waals surface area (Å²) < 4.78 is 2.08. The summed E-state index contributed by atoms with van der Waals surface area (Å²) in [5.74, 6) is 3.56. The molecule has 8 heteroatoms. The third-order valence-electron chi connectivity index (χ3n) is 8.03.